The Balaban J connectivity index is 1.12. The monoisotopic (exact) mass is 533 g/mol. The minimum Gasteiger partial charge on any atom is -0.478 e. The molecule has 7 nitrogen and oxygen atoms in total. The van der Waals surface area contributed by atoms with Crippen LogP contribution in [0.15, 0.2) is 104 Å². The van der Waals surface area contributed by atoms with E-state index in [1.54, 1.807) is 18.6 Å². The normalized spacial score (nSPS) is 14.7. The molecule has 0 amide bonds. The van der Waals surface area contributed by atoms with Crippen molar-refractivity contribution < 1.29 is 9.90 Å². The van der Waals surface area contributed by atoms with Crippen LogP contribution < -0.4 is 0 Å². The lowest BCUT2D eigenvalue weighted by Crippen LogP contribution is -2.48. The van der Waals surface area contributed by atoms with E-state index < -0.39 is 5.97 Å². The first kappa shape index (κ1) is 26.0. The molecular formula is C33H35N5O2. The third-order valence-electron chi connectivity index (χ3n) is 8.00. The third-order valence-corrected chi connectivity index (χ3v) is 8.00. The van der Waals surface area contributed by atoms with Crippen molar-refractivity contribution in [3.63, 3.8) is 0 Å². The fraction of sp³-hybridized carbons (Fsp3) is 0.273. The van der Waals surface area contributed by atoms with Gasteiger partial charge < -0.3 is 19.1 Å². The molecule has 0 spiro atoms. The van der Waals surface area contributed by atoms with Gasteiger partial charge in [-0.25, -0.2) is 9.78 Å². The molecule has 0 saturated carbocycles. The Morgan fingerprint density at radius 1 is 0.850 bits per heavy atom. The zero-order chi connectivity index (χ0) is 27.3. The molecule has 7 heteroatoms. The minimum absolute atomic E-state index is 0.271. The van der Waals surface area contributed by atoms with Crippen LogP contribution in [0.3, 0.4) is 0 Å². The van der Waals surface area contributed by atoms with Gasteiger partial charge in [-0.3, -0.25) is 4.90 Å². The van der Waals surface area contributed by atoms with Crippen molar-refractivity contribution >= 4 is 16.9 Å². The van der Waals surface area contributed by atoms with Crippen molar-refractivity contribution in [2.24, 2.45) is 0 Å². The lowest BCUT2D eigenvalue weighted by atomic mass is 9.96. The standard InChI is InChI=1S/C33H35N5O2/c39-33(40)29-13-7-14-30-31(29)28(23-36-18-15-34-25-36)24-38(30)17-8-16-35-19-21-37(22-20-35)32(26-9-3-1-4-10-26)27-11-5-2-6-12-27/h1-7,9-15,18,24-25,32H,8,16-17,19-23H2,(H,39,40). The van der Waals surface area contributed by atoms with Crippen LogP contribution in [-0.2, 0) is 13.1 Å². The Morgan fingerprint density at radius 2 is 1.55 bits per heavy atom. The zero-order valence-corrected chi connectivity index (χ0v) is 22.6. The van der Waals surface area contributed by atoms with E-state index in [9.17, 15) is 9.90 Å². The number of carboxylic acids is 1. The number of carboxylic acid groups (broad SMARTS) is 1. The number of hydrogen-bond donors (Lipinski definition) is 1. The molecular weight excluding hydrogens is 498 g/mol. The second-order valence-corrected chi connectivity index (χ2v) is 10.5. The topological polar surface area (TPSA) is 66.5 Å². The summed E-state index contributed by atoms with van der Waals surface area (Å²) in [4.78, 5) is 21.3. The van der Waals surface area contributed by atoms with Crippen LogP contribution in [0, 0.1) is 0 Å². The Bertz CT molecular complexity index is 1500. The van der Waals surface area contributed by atoms with Crippen molar-refractivity contribution in [3.8, 4) is 0 Å². The maximum atomic E-state index is 12.0. The van der Waals surface area contributed by atoms with Crippen molar-refractivity contribution in [1.82, 2.24) is 23.9 Å². The van der Waals surface area contributed by atoms with Crippen molar-refractivity contribution in [3.05, 3.63) is 126 Å². The molecule has 0 unspecified atom stereocenters. The van der Waals surface area contributed by atoms with Crippen molar-refractivity contribution in [2.75, 3.05) is 32.7 Å². The Kier molecular flexibility index (Phi) is 7.75. The molecule has 1 aliphatic rings. The highest BCUT2D eigenvalue weighted by atomic mass is 16.4. The van der Waals surface area contributed by atoms with Gasteiger partial charge in [0.15, 0.2) is 0 Å². The summed E-state index contributed by atoms with van der Waals surface area (Å²) in [6.45, 7) is 6.59. The molecule has 0 radical (unpaired) electrons. The first-order valence-corrected chi connectivity index (χ1v) is 14.0. The average molecular weight is 534 g/mol. The van der Waals surface area contributed by atoms with Gasteiger partial charge in [0, 0.05) is 62.2 Å². The fourth-order valence-corrected chi connectivity index (χ4v) is 6.09. The highest BCUT2D eigenvalue weighted by molar-refractivity contribution is 6.04. The summed E-state index contributed by atoms with van der Waals surface area (Å²) >= 11 is 0. The number of piperazine rings is 1. The van der Waals surface area contributed by atoms with Gasteiger partial charge >= 0.3 is 5.97 Å². The van der Waals surface area contributed by atoms with Crippen LogP contribution in [0.25, 0.3) is 10.9 Å². The predicted octanol–water partition coefficient (Wildman–Crippen LogP) is 5.38. The molecule has 0 aliphatic carbocycles. The number of fused-ring (bicyclic) bond motifs is 1. The van der Waals surface area contributed by atoms with E-state index in [4.69, 9.17) is 0 Å². The van der Waals surface area contributed by atoms with Crippen LogP contribution >= 0.6 is 0 Å². The molecule has 3 aromatic carbocycles. The predicted molar refractivity (Wildman–Crippen MR) is 158 cm³/mol. The fourth-order valence-electron chi connectivity index (χ4n) is 6.09. The minimum atomic E-state index is -0.891. The largest absolute Gasteiger partial charge is 0.478 e. The second kappa shape index (κ2) is 11.9. The highest BCUT2D eigenvalue weighted by Crippen LogP contribution is 2.30. The lowest BCUT2D eigenvalue weighted by Gasteiger charge is -2.40. The van der Waals surface area contributed by atoms with Gasteiger partial charge in [0.25, 0.3) is 0 Å². The van der Waals surface area contributed by atoms with Crippen LogP contribution in [0.2, 0.25) is 0 Å². The second-order valence-electron chi connectivity index (χ2n) is 10.5. The smallest absolute Gasteiger partial charge is 0.336 e. The lowest BCUT2D eigenvalue weighted by molar-refractivity contribution is 0.0699. The Hall–Kier alpha value is -4.20. The Morgan fingerprint density at radius 3 is 2.17 bits per heavy atom. The highest BCUT2D eigenvalue weighted by Gasteiger charge is 2.26. The Labute approximate surface area is 234 Å². The molecule has 204 valence electrons. The number of imidazole rings is 1. The number of carbonyl (C=O) groups is 1. The number of aromatic nitrogens is 3. The van der Waals surface area contributed by atoms with Crippen LogP contribution in [0.1, 0.15) is 39.5 Å². The molecule has 2 aromatic heterocycles. The van der Waals surface area contributed by atoms with E-state index >= 15 is 0 Å². The van der Waals surface area contributed by atoms with Crippen LogP contribution in [0.4, 0.5) is 0 Å². The van der Waals surface area contributed by atoms with Crippen molar-refractivity contribution in [1.29, 1.82) is 0 Å². The van der Waals surface area contributed by atoms with E-state index in [1.165, 1.54) is 11.1 Å². The average Bonchev–Trinajstić information content (AvgIpc) is 3.63. The van der Waals surface area contributed by atoms with Gasteiger partial charge in [0.2, 0.25) is 0 Å². The van der Waals surface area contributed by atoms with Gasteiger partial charge in [0.05, 0.1) is 24.5 Å². The van der Waals surface area contributed by atoms with Gasteiger partial charge in [-0.05, 0) is 41.8 Å². The number of benzene rings is 3. The molecule has 5 aromatic rings. The molecule has 6 rings (SSSR count). The maximum Gasteiger partial charge on any atom is 0.336 e. The van der Waals surface area contributed by atoms with Crippen molar-refractivity contribution in [2.45, 2.75) is 25.6 Å². The van der Waals surface area contributed by atoms with Gasteiger partial charge in [-0.2, -0.15) is 0 Å². The summed E-state index contributed by atoms with van der Waals surface area (Å²) in [5.41, 5.74) is 5.03. The summed E-state index contributed by atoms with van der Waals surface area (Å²) < 4.78 is 4.21. The van der Waals surface area contributed by atoms with Crippen LogP contribution in [-0.4, -0.2) is 67.7 Å². The molecule has 1 saturated heterocycles. The molecule has 0 bridgehead atoms. The van der Waals surface area contributed by atoms with E-state index in [-0.39, 0.29) is 6.04 Å². The summed E-state index contributed by atoms with van der Waals surface area (Å²) in [5.74, 6) is -0.891. The van der Waals surface area contributed by atoms with E-state index in [0.29, 0.717) is 12.1 Å². The molecule has 3 heterocycles. The maximum absolute atomic E-state index is 12.0. The van der Waals surface area contributed by atoms with Gasteiger partial charge in [-0.15, -0.1) is 0 Å². The molecule has 1 aliphatic heterocycles. The van der Waals surface area contributed by atoms with E-state index in [1.807, 2.05) is 22.9 Å². The van der Waals surface area contributed by atoms with E-state index in [0.717, 1.165) is 62.2 Å². The number of aryl methyl sites for hydroxylation is 1. The number of nitrogens with zero attached hydrogens (tertiary/aromatic N) is 5. The first-order valence-electron chi connectivity index (χ1n) is 14.0. The van der Waals surface area contributed by atoms with Gasteiger partial charge in [-0.1, -0.05) is 66.7 Å². The molecule has 40 heavy (non-hydrogen) atoms. The summed E-state index contributed by atoms with van der Waals surface area (Å²) in [5, 5.41) is 10.7. The zero-order valence-electron chi connectivity index (χ0n) is 22.6. The molecule has 1 fully saturated rings. The summed E-state index contributed by atoms with van der Waals surface area (Å²) in [6, 6.07) is 27.5. The van der Waals surface area contributed by atoms with E-state index in [2.05, 4.69) is 86.2 Å². The van der Waals surface area contributed by atoms with Gasteiger partial charge in [0.1, 0.15) is 0 Å². The quantitative estimate of drug-likeness (QED) is 0.261. The SMILES string of the molecule is O=C(O)c1cccc2c1c(Cn1ccnc1)cn2CCCN1CCN(C(c2ccccc2)c2ccccc2)CC1. The first-order chi connectivity index (χ1) is 19.7. The number of rotatable bonds is 10. The molecule has 1 N–H and O–H groups in total. The third kappa shape index (κ3) is 5.57. The number of hydrogen-bond acceptors (Lipinski definition) is 4. The summed E-state index contributed by atoms with van der Waals surface area (Å²) in [6.07, 6.45) is 8.56. The number of aromatic carboxylic acids is 1. The van der Waals surface area contributed by atoms with Crippen LogP contribution in [0.5, 0.6) is 0 Å². The molecule has 0 atom stereocenters. The summed E-state index contributed by atoms with van der Waals surface area (Å²) in [7, 11) is 0.